The molecule has 3 rings (SSSR count). The highest BCUT2D eigenvalue weighted by molar-refractivity contribution is 5.76. The maximum absolute atomic E-state index is 12.5. The summed E-state index contributed by atoms with van der Waals surface area (Å²) in [5, 5.41) is 3.37. The van der Waals surface area contributed by atoms with E-state index in [9.17, 15) is 4.79 Å². The fourth-order valence-electron chi connectivity index (χ4n) is 4.49. The molecule has 1 aliphatic carbocycles. The summed E-state index contributed by atoms with van der Waals surface area (Å²) in [4.78, 5) is 17.2. The molecule has 0 bridgehead atoms. The number of benzene rings is 1. The highest BCUT2D eigenvalue weighted by Gasteiger charge is 2.34. The molecule has 1 aromatic rings. The van der Waals surface area contributed by atoms with E-state index in [4.69, 9.17) is 0 Å². The third-order valence-corrected chi connectivity index (χ3v) is 5.66. The Morgan fingerprint density at radius 3 is 2.56 bits per heavy atom. The highest BCUT2D eigenvalue weighted by atomic mass is 16.1. The summed E-state index contributed by atoms with van der Waals surface area (Å²) in [6.45, 7) is 4.02. The molecule has 1 saturated carbocycles. The minimum Gasteiger partial charge on any atom is -0.352 e. The van der Waals surface area contributed by atoms with Crippen LogP contribution in [0, 0.1) is 11.8 Å². The first kappa shape index (κ1) is 18.4. The number of carbonyl (C=O) groups is 1. The van der Waals surface area contributed by atoms with Gasteiger partial charge < -0.3 is 10.2 Å². The van der Waals surface area contributed by atoms with Crippen molar-refractivity contribution >= 4 is 5.91 Å². The number of likely N-dealkylation sites (tertiary alicyclic amines) is 1. The van der Waals surface area contributed by atoms with Gasteiger partial charge in [-0.05, 0) is 38.4 Å². The van der Waals surface area contributed by atoms with E-state index in [1.54, 1.807) is 0 Å². The van der Waals surface area contributed by atoms with Crippen molar-refractivity contribution < 1.29 is 4.79 Å². The van der Waals surface area contributed by atoms with Crippen molar-refractivity contribution in [1.29, 1.82) is 0 Å². The molecular formula is C21H33N3O. The van der Waals surface area contributed by atoms with Gasteiger partial charge in [0.15, 0.2) is 0 Å². The molecule has 1 aromatic carbocycles. The molecule has 0 spiro atoms. The normalized spacial score (nSPS) is 24.9. The number of carbonyl (C=O) groups excluding carboxylic acids is 1. The van der Waals surface area contributed by atoms with Gasteiger partial charge in [-0.1, -0.05) is 43.2 Å². The molecule has 0 aromatic heterocycles. The number of nitrogens with zero attached hydrogens (tertiary/aromatic N) is 2. The van der Waals surface area contributed by atoms with Crippen molar-refractivity contribution in [3.05, 3.63) is 35.9 Å². The Morgan fingerprint density at radius 1 is 1.16 bits per heavy atom. The Labute approximate surface area is 152 Å². The summed E-state index contributed by atoms with van der Waals surface area (Å²) < 4.78 is 0. The van der Waals surface area contributed by atoms with E-state index >= 15 is 0 Å². The largest absolute Gasteiger partial charge is 0.352 e. The molecule has 1 aliphatic heterocycles. The van der Waals surface area contributed by atoms with Crippen molar-refractivity contribution in [2.45, 2.75) is 44.7 Å². The van der Waals surface area contributed by atoms with Crippen LogP contribution in [0.1, 0.15) is 37.7 Å². The lowest BCUT2D eigenvalue weighted by Crippen LogP contribution is -2.43. The number of hydrogen-bond acceptors (Lipinski definition) is 3. The maximum Gasteiger partial charge on any atom is 0.220 e. The van der Waals surface area contributed by atoms with E-state index in [1.807, 2.05) is 0 Å². The first-order chi connectivity index (χ1) is 12.1. The van der Waals surface area contributed by atoms with Gasteiger partial charge >= 0.3 is 0 Å². The first-order valence-corrected chi connectivity index (χ1v) is 9.80. The number of hydrogen-bond donors (Lipinski definition) is 1. The molecule has 138 valence electrons. The first-order valence-electron chi connectivity index (χ1n) is 9.80. The van der Waals surface area contributed by atoms with Crippen LogP contribution in [0.5, 0.6) is 0 Å². The Balaban J connectivity index is 1.56. The second kappa shape index (κ2) is 8.81. The Kier molecular flexibility index (Phi) is 6.49. The molecule has 2 fully saturated rings. The molecule has 2 unspecified atom stereocenters. The monoisotopic (exact) mass is 343 g/mol. The van der Waals surface area contributed by atoms with Crippen LogP contribution in [0.4, 0.5) is 0 Å². The van der Waals surface area contributed by atoms with Gasteiger partial charge in [0.1, 0.15) is 0 Å². The molecule has 0 radical (unpaired) electrons. The third-order valence-electron chi connectivity index (χ3n) is 5.66. The molecule has 1 saturated heterocycles. The molecule has 1 amide bonds. The average molecular weight is 344 g/mol. The van der Waals surface area contributed by atoms with E-state index in [1.165, 1.54) is 31.2 Å². The van der Waals surface area contributed by atoms with Crippen LogP contribution < -0.4 is 5.32 Å². The molecular weight excluding hydrogens is 310 g/mol. The minimum absolute atomic E-state index is 0.266. The van der Waals surface area contributed by atoms with Crippen LogP contribution in [0.15, 0.2) is 30.3 Å². The number of nitrogens with one attached hydrogen (secondary N) is 1. The molecule has 4 nitrogen and oxygen atoms in total. The van der Waals surface area contributed by atoms with E-state index < -0.39 is 0 Å². The SMILES string of the molecule is CN(C)CC1CN(Cc2ccccc2)CC1NC(=O)CC1CCCC1. The Bertz CT molecular complexity index is 539. The fourth-order valence-corrected chi connectivity index (χ4v) is 4.49. The summed E-state index contributed by atoms with van der Waals surface area (Å²) in [5.74, 6) is 1.39. The van der Waals surface area contributed by atoms with E-state index in [-0.39, 0.29) is 11.9 Å². The highest BCUT2D eigenvalue weighted by Crippen LogP contribution is 2.28. The zero-order valence-electron chi connectivity index (χ0n) is 15.8. The zero-order valence-corrected chi connectivity index (χ0v) is 15.8. The third kappa shape index (κ3) is 5.55. The minimum atomic E-state index is 0.266. The lowest BCUT2D eigenvalue weighted by molar-refractivity contribution is -0.122. The second-order valence-corrected chi connectivity index (χ2v) is 8.23. The van der Waals surface area contributed by atoms with Crippen molar-refractivity contribution in [3.8, 4) is 0 Å². The summed E-state index contributed by atoms with van der Waals surface area (Å²) in [5.41, 5.74) is 1.35. The quantitative estimate of drug-likeness (QED) is 0.827. The van der Waals surface area contributed by atoms with Gasteiger partial charge in [-0.15, -0.1) is 0 Å². The predicted octanol–water partition coefficient (Wildman–Crippen LogP) is 2.75. The molecule has 1 heterocycles. The van der Waals surface area contributed by atoms with Crippen LogP contribution in [0.2, 0.25) is 0 Å². The molecule has 25 heavy (non-hydrogen) atoms. The topological polar surface area (TPSA) is 35.6 Å². The lowest BCUT2D eigenvalue weighted by Gasteiger charge is -2.23. The van der Waals surface area contributed by atoms with Crippen LogP contribution in [-0.2, 0) is 11.3 Å². The average Bonchev–Trinajstić information content (AvgIpc) is 3.18. The van der Waals surface area contributed by atoms with Gasteiger partial charge in [0, 0.05) is 44.6 Å². The fraction of sp³-hybridized carbons (Fsp3) is 0.667. The summed E-state index contributed by atoms with van der Waals surface area (Å²) >= 11 is 0. The van der Waals surface area contributed by atoms with Crippen molar-refractivity contribution in [2.24, 2.45) is 11.8 Å². The summed E-state index contributed by atoms with van der Waals surface area (Å²) in [7, 11) is 4.24. The Hall–Kier alpha value is -1.39. The van der Waals surface area contributed by atoms with Crippen molar-refractivity contribution in [1.82, 2.24) is 15.1 Å². The van der Waals surface area contributed by atoms with Gasteiger partial charge in [-0.25, -0.2) is 0 Å². The van der Waals surface area contributed by atoms with Gasteiger partial charge in [0.2, 0.25) is 5.91 Å². The van der Waals surface area contributed by atoms with Gasteiger partial charge in [0.05, 0.1) is 0 Å². The molecule has 1 N–H and O–H groups in total. The van der Waals surface area contributed by atoms with Crippen LogP contribution in [0.25, 0.3) is 0 Å². The molecule has 2 aliphatic rings. The van der Waals surface area contributed by atoms with Crippen LogP contribution >= 0.6 is 0 Å². The maximum atomic E-state index is 12.5. The predicted molar refractivity (Wildman–Crippen MR) is 102 cm³/mol. The second-order valence-electron chi connectivity index (χ2n) is 8.23. The molecule has 2 atom stereocenters. The van der Waals surface area contributed by atoms with Crippen LogP contribution in [0.3, 0.4) is 0 Å². The molecule has 4 heteroatoms. The van der Waals surface area contributed by atoms with E-state index in [0.29, 0.717) is 11.8 Å². The van der Waals surface area contributed by atoms with Gasteiger partial charge in [0.25, 0.3) is 0 Å². The smallest absolute Gasteiger partial charge is 0.220 e. The zero-order chi connectivity index (χ0) is 17.6. The number of amides is 1. The number of rotatable bonds is 7. The van der Waals surface area contributed by atoms with E-state index in [0.717, 1.165) is 32.6 Å². The van der Waals surface area contributed by atoms with Crippen molar-refractivity contribution in [3.63, 3.8) is 0 Å². The lowest BCUT2D eigenvalue weighted by atomic mass is 10.0. The van der Waals surface area contributed by atoms with Crippen LogP contribution in [-0.4, -0.2) is 55.5 Å². The van der Waals surface area contributed by atoms with Gasteiger partial charge in [-0.2, -0.15) is 0 Å². The summed E-state index contributed by atoms with van der Waals surface area (Å²) in [6.07, 6.45) is 5.80. The standard InChI is InChI=1S/C21H33N3O/c1-23(2)14-19-15-24(13-18-10-4-3-5-11-18)16-20(19)22-21(25)12-17-8-6-7-9-17/h3-5,10-11,17,19-20H,6-9,12-16H2,1-2H3,(H,22,25). The van der Waals surface area contributed by atoms with Gasteiger partial charge in [-0.3, -0.25) is 9.69 Å². The Morgan fingerprint density at radius 2 is 1.88 bits per heavy atom. The van der Waals surface area contributed by atoms with E-state index in [2.05, 4.69) is 59.5 Å². The van der Waals surface area contributed by atoms with Crippen molar-refractivity contribution in [2.75, 3.05) is 33.7 Å². The summed E-state index contributed by atoms with van der Waals surface area (Å²) in [6, 6.07) is 10.9.